The molecule has 0 spiro atoms. The van der Waals surface area contributed by atoms with Gasteiger partial charge in [0.1, 0.15) is 17.3 Å². The van der Waals surface area contributed by atoms with Gasteiger partial charge in [0.05, 0.1) is 24.8 Å². The van der Waals surface area contributed by atoms with E-state index < -0.39 is 29.3 Å². The molecule has 32 heavy (non-hydrogen) atoms. The van der Waals surface area contributed by atoms with Crippen LogP contribution in [-0.4, -0.2) is 28.3 Å². The van der Waals surface area contributed by atoms with Crippen molar-refractivity contribution in [2.24, 2.45) is 0 Å². The molecule has 4 rings (SSSR count). The minimum atomic E-state index is -1.17. The van der Waals surface area contributed by atoms with Crippen molar-refractivity contribution in [3.05, 3.63) is 92.4 Å². The lowest BCUT2D eigenvalue weighted by atomic mass is 9.94. The molecule has 0 radical (unpaired) electrons. The molecule has 1 fully saturated rings. The van der Waals surface area contributed by atoms with Gasteiger partial charge >= 0.3 is 0 Å². The highest BCUT2D eigenvalue weighted by atomic mass is 35.5. The first kappa shape index (κ1) is 22.0. The second-order valence-corrected chi connectivity index (χ2v) is 8.54. The number of nitrogens with zero attached hydrogens (tertiary/aromatic N) is 1. The standard InChI is InChI=1S/C24H19ClFNO4S/c1-2-31-15-10-8-14(9-11-15)22(28)20-21(19-17(25)6-3-7-18(19)26)27(24(30)23(20)29)13-16-5-4-12-32-16/h3-12,21,28H,2,13H2,1H3/b22-20+. The number of rotatable bonds is 6. The summed E-state index contributed by atoms with van der Waals surface area (Å²) in [6, 6.07) is 13.1. The van der Waals surface area contributed by atoms with Crippen LogP contribution < -0.4 is 4.74 Å². The molecule has 2 heterocycles. The molecule has 1 amide bonds. The number of aliphatic hydroxyl groups excluding tert-OH is 1. The van der Waals surface area contributed by atoms with Crippen LogP contribution in [0.2, 0.25) is 5.02 Å². The molecular weight excluding hydrogens is 453 g/mol. The molecule has 2 aromatic carbocycles. The highest BCUT2D eigenvalue weighted by Gasteiger charge is 2.47. The molecule has 8 heteroatoms. The summed E-state index contributed by atoms with van der Waals surface area (Å²) in [7, 11) is 0. The number of hydrogen-bond donors (Lipinski definition) is 1. The van der Waals surface area contributed by atoms with Crippen LogP contribution in [0, 0.1) is 5.82 Å². The Morgan fingerprint density at radius 2 is 1.91 bits per heavy atom. The van der Waals surface area contributed by atoms with Gasteiger partial charge < -0.3 is 14.7 Å². The molecule has 1 atom stereocenters. The lowest BCUT2D eigenvalue weighted by Crippen LogP contribution is -2.29. The monoisotopic (exact) mass is 471 g/mol. The number of ether oxygens (including phenoxy) is 1. The number of likely N-dealkylation sites (tertiary alicyclic amines) is 1. The predicted octanol–water partition coefficient (Wildman–Crippen LogP) is 5.56. The molecule has 0 bridgehead atoms. The Hall–Kier alpha value is -3.16. The van der Waals surface area contributed by atoms with Crippen molar-refractivity contribution in [1.82, 2.24) is 4.90 Å². The van der Waals surface area contributed by atoms with Crippen LogP contribution in [0.5, 0.6) is 5.75 Å². The molecule has 0 saturated carbocycles. The number of Topliss-reactive ketones (excluding diaryl/α,β-unsaturated/α-hetero) is 1. The smallest absolute Gasteiger partial charge is 0.295 e. The minimum absolute atomic E-state index is 0.0302. The largest absolute Gasteiger partial charge is 0.507 e. The zero-order valence-corrected chi connectivity index (χ0v) is 18.6. The van der Waals surface area contributed by atoms with Crippen LogP contribution in [0.15, 0.2) is 65.6 Å². The molecule has 1 N–H and O–H groups in total. The second kappa shape index (κ2) is 9.14. The quantitative estimate of drug-likeness (QED) is 0.290. The summed E-state index contributed by atoms with van der Waals surface area (Å²) in [4.78, 5) is 28.1. The summed E-state index contributed by atoms with van der Waals surface area (Å²) < 4.78 is 20.3. The molecule has 1 aliphatic heterocycles. The van der Waals surface area contributed by atoms with Crippen LogP contribution in [0.1, 0.15) is 29.0 Å². The van der Waals surface area contributed by atoms with E-state index in [1.165, 1.54) is 34.4 Å². The van der Waals surface area contributed by atoms with E-state index in [1.54, 1.807) is 24.3 Å². The minimum Gasteiger partial charge on any atom is -0.507 e. The molecule has 1 aliphatic rings. The molecule has 0 aliphatic carbocycles. The average Bonchev–Trinajstić information content (AvgIpc) is 3.37. The van der Waals surface area contributed by atoms with Crippen molar-refractivity contribution in [3.8, 4) is 5.75 Å². The van der Waals surface area contributed by atoms with E-state index in [-0.39, 0.29) is 22.7 Å². The summed E-state index contributed by atoms with van der Waals surface area (Å²) in [5.41, 5.74) is 0.0696. The van der Waals surface area contributed by atoms with Crippen LogP contribution in [-0.2, 0) is 16.1 Å². The van der Waals surface area contributed by atoms with Gasteiger partial charge in [0, 0.05) is 21.0 Å². The number of ketones is 1. The highest BCUT2D eigenvalue weighted by molar-refractivity contribution is 7.09. The van der Waals surface area contributed by atoms with E-state index in [0.29, 0.717) is 17.9 Å². The van der Waals surface area contributed by atoms with Gasteiger partial charge in [-0.1, -0.05) is 23.7 Å². The summed E-state index contributed by atoms with van der Waals surface area (Å²) in [5, 5.41) is 13.0. The van der Waals surface area contributed by atoms with E-state index in [9.17, 15) is 19.1 Å². The number of hydrogen-bond acceptors (Lipinski definition) is 5. The molecule has 1 unspecified atom stereocenters. The maximum absolute atomic E-state index is 14.9. The molecule has 164 valence electrons. The first-order valence-corrected chi connectivity index (χ1v) is 11.2. The molecule has 5 nitrogen and oxygen atoms in total. The fraction of sp³-hybridized carbons (Fsp3) is 0.167. The summed E-state index contributed by atoms with van der Waals surface area (Å²) in [5.74, 6) is -2.19. The van der Waals surface area contributed by atoms with Crippen molar-refractivity contribution < 1.29 is 23.8 Å². The van der Waals surface area contributed by atoms with E-state index in [4.69, 9.17) is 16.3 Å². The maximum Gasteiger partial charge on any atom is 0.295 e. The SMILES string of the molecule is CCOc1ccc(/C(O)=C2\C(=O)C(=O)N(Cc3cccs3)C2c2c(F)cccc2Cl)cc1. The number of halogens is 2. The van der Waals surface area contributed by atoms with E-state index in [2.05, 4.69) is 0 Å². The van der Waals surface area contributed by atoms with Crippen LogP contribution in [0.4, 0.5) is 4.39 Å². The summed E-state index contributed by atoms with van der Waals surface area (Å²) >= 11 is 7.72. The summed E-state index contributed by atoms with van der Waals surface area (Å²) in [6.45, 7) is 2.41. The topological polar surface area (TPSA) is 66.8 Å². The van der Waals surface area contributed by atoms with Gasteiger partial charge in [0.2, 0.25) is 0 Å². The van der Waals surface area contributed by atoms with Crippen molar-refractivity contribution in [3.63, 3.8) is 0 Å². The fourth-order valence-electron chi connectivity index (χ4n) is 3.72. The number of amides is 1. The molecule has 1 saturated heterocycles. The Labute approximate surface area is 193 Å². The Bertz CT molecular complexity index is 1170. The normalized spacial score (nSPS) is 17.7. The molecule has 3 aromatic rings. The molecular formula is C24H19ClFNO4S. The van der Waals surface area contributed by atoms with Gasteiger partial charge in [-0.05, 0) is 54.8 Å². The van der Waals surface area contributed by atoms with Crippen molar-refractivity contribution in [2.75, 3.05) is 6.61 Å². The number of aliphatic hydroxyl groups is 1. The fourth-order valence-corrected chi connectivity index (χ4v) is 4.69. The van der Waals surface area contributed by atoms with Crippen molar-refractivity contribution in [2.45, 2.75) is 19.5 Å². The number of carbonyl (C=O) groups excluding carboxylic acids is 2. The van der Waals surface area contributed by atoms with E-state index in [1.807, 2.05) is 24.4 Å². The zero-order valence-electron chi connectivity index (χ0n) is 17.0. The Kier molecular flexibility index (Phi) is 6.30. The Morgan fingerprint density at radius 3 is 2.53 bits per heavy atom. The third kappa shape index (κ3) is 4.01. The van der Waals surface area contributed by atoms with E-state index >= 15 is 0 Å². The van der Waals surface area contributed by atoms with Gasteiger partial charge in [0.15, 0.2) is 0 Å². The van der Waals surface area contributed by atoms with Gasteiger partial charge in [-0.25, -0.2) is 4.39 Å². The van der Waals surface area contributed by atoms with Crippen LogP contribution in [0.25, 0.3) is 5.76 Å². The number of thiophene rings is 1. The van der Waals surface area contributed by atoms with Gasteiger partial charge in [-0.15, -0.1) is 11.3 Å². The Morgan fingerprint density at radius 1 is 1.16 bits per heavy atom. The zero-order chi connectivity index (χ0) is 22.8. The maximum atomic E-state index is 14.9. The van der Waals surface area contributed by atoms with Gasteiger partial charge in [-0.3, -0.25) is 9.59 Å². The van der Waals surface area contributed by atoms with E-state index in [0.717, 1.165) is 4.88 Å². The number of benzene rings is 2. The van der Waals surface area contributed by atoms with Crippen molar-refractivity contribution >= 4 is 40.4 Å². The first-order valence-electron chi connectivity index (χ1n) is 9.90. The average molecular weight is 472 g/mol. The second-order valence-electron chi connectivity index (χ2n) is 7.10. The van der Waals surface area contributed by atoms with Crippen LogP contribution >= 0.6 is 22.9 Å². The lowest BCUT2D eigenvalue weighted by molar-refractivity contribution is -0.140. The third-order valence-electron chi connectivity index (χ3n) is 5.16. The van der Waals surface area contributed by atoms with Crippen molar-refractivity contribution in [1.29, 1.82) is 0 Å². The highest BCUT2D eigenvalue weighted by Crippen LogP contribution is 2.43. The number of carbonyl (C=O) groups is 2. The lowest BCUT2D eigenvalue weighted by Gasteiger charge is -2.26. The summed E-state index contributed by atoms with van der Waals surface area (Å²) in [6.07, 6.45) is 0. The van der Waals surface area contributed by atoms with Gasteiger partial charge in [0.25, 0.3) is 11.7 Å². The molecule has 1 aromatic heterocycles. The first-order chi connectivity index (χ1) is 15.4. The predicted molar refractivity (Wildman–Crippen MR) is 121 cm³/mol. The third-order valence-corrected chi connectivity index (χ3v) is 6.35. The Balaban J connectivity index is 1.87. The van der Waals surface area contributed by atoms with Gasteiger partial charge in [-0.2, -0.15) is 0 Å². The van der Waals surface area contributed by atoms with Crippen LogP contribution in [0.3, 0.4) is 0 Å².